The molecule has 1 N–H and O–H groups in total. The second kappa shape index (κ2) is 8.83. The molecule has 0 unspecified atom stereocenters. The zero-order chi connectivity index (χ0) is 24.6. The second-order valence-electron chi connectivity index (χ2n) is 8.00. The highest BCUT2D eigenvalue weighted by atomic mass is 19.4. The summed E-state index contributed by atoms with van der Waals surface area (Å²) in [4.78, 5) is 16.9. The maximum atomic E-state index is 13.6. The monoisotopic (exact) mass is 472 g/mol. The smallest absolute Gasteiger partial charge is 0.433 e. The van der Waals surface area contributed by atoms with Crippen molar-refractivity contribution in [2.75, 3.05) is 11.9 Å². The maximum absolute atomic E-state index is 13.6. The summed E-state index contributed by atoms with van der Waals surface area (Å²) in [5.74, 6) is -1.09. The first-order valence-corrected chi connectivity index (χ1v) is 9.81. The van der Waals surface area contributed by atoms with Crippen molar-refractivity contribution in [3.05, 3.63) is 47.4 Å². The van der Waals surface area contributed by atoms with E-state index in [0.29, 0.717) is 4.52 Å². The fourth-order valence-corrected chi connectivity index (χ4v) is 2.91. The van der Waals surface area contributed by atoms with Gasteiger partial charge in [-0.05, 0) is 25.1 Å². The van der Waals surface area contributed by atoms with Crippen LogP contribution in [0.25, 0.3) is 5.65 Å². The first kappa shape index (κ1) is 24.2. The Labute approximate surface area is 185 Å². The molecule has 0 aliphatic rings. The predicted octanol–water partition coefficient (Wildman–Crippen LogP) is 5.30. The summed E-state index contributed by atoms with van der Waals surface area (Å²) < 4.78 is 76.1. The molecule has 0 radical (unpaired) electrons. The number of hydrogen-bond donors (Lipinski definition) is 1. The molecule has 0 atom stereocenters. The normalized spacial score (nSPS) is 12.3. The van der Waals surface area contributed by atoms with Gasteiger partial charge in [-0.2, -0.15) is 27.1 Å². The molecule has 12 heteroatoms. The number of halogens is 5. The number of anilines is 1. The SMILES string of the molecule is CCOc1cc(NC(=O)c2cc3nc(C(C)(C)C)cc(C(F)(F)F)n3n2)ccc1OC(F)F. The van der Waals surface area contributed by atoms with E-state index >= 15 is 0 Å². The molecule has 3 aromatic rings. The minimum atomic E-state index is -4.73. The van der Waals surface area contributed by atoms with Crippen LogP contribution in [0.5, 0.6) is 11.5 Å². The summed E-state index contributed by atoms with van der Waals surface area (Å²) in [5, 5.41) is 6.24. The number of alkyl halides is 5. The highest BCUT2D eigenvalue weighted by Gasteiger charge is 2.36. The Morgan fingerprint density at radius 2 is 1.82 bits per heavy atom. The zero-order valence-corrected chi connectivity index (χ0v) is 18.1. The van der Waals surface area contributed by atoms with Crippen LogP contribution >= 0.6 is 0 Å². The molecule has 2 aromatic heterocycles. The Hall–Kier alpha value is -3.44. The lowest BCUT2D eigenvalue weighted by molar-refractivity contribution is -0.142. The number of carbonyl (C=O) groups is 1. The van der Waals surface area contributed by atoms with Gasteiger partial charge in [-0.25, -0.2) is 9.50 Å². The molecule has 2 heterocycles. The molecule has 3 rings (SSSR count). The number of fused-ring (bicyclic) bond motifs is 1. The van der Waals surface area contributed by atoms with Gasteiger partial charge in [0, 0.05) is 23.2 Å². The van der Waals surface area contributed by atoms with Crippen LogP contribution in [0.15, 0.2) is 30.3 Å². The lowest BCUT2D eigenvalue weighted by atomic mass is 9.91. The number of amides is 1. The summed E-state index contributed by atoms with van der Waals surface area (Å²) in [7, 11) is 0. The van der Waals surface area contributed by atoms with Crippen LogP contribution in [0.2, 0.25) is 0 Å². The van der Waals surface area contributed by atoms with Gasteiger partial charge in [0.25, 0.3) is 5.91 Å². The Morgan fingerprint density at radius 1 is 1.12 bits per heavy atom. The van der Waals surface area contributed by atoms with Crippen LogP contribution in [0.1, 0.15) is 49.6 Å². The van der Waals surface area contributed by atoms with Gasteiger partial charge in [0.05, 0.1) is 12.3 Å². The van der Waals surface area contributed by atoms with E-state index in [4.69, 9.17) is 4.74 Å². The Morgan fingerprint density at radius 3 is 2.39 bits per heavy atom. The van der Waals surface area contributed by atoms with Crippen LogP contribution in [0.3, 0.4) is 0 Å². The third-order valence-corrected chi connectivity index (χ3v) is 4.44. The summed E-state index contributed by atoms with van der Waals surface area (Å²) in [5.41, 5.74) is -1.87. The molecule has 1 amide bonds. The number of carbonyl (C=O) groups excluding carboxylic acids is 1. The van der Waals surface area contributed by atoms with E-state index in [9.17, 15) is 26.7 Å². The molecule has 1 aromatic carbocycles. The van der Waals surface area contributed by atoms with E-state index in [-0.39, 0.29) is 40.8 Å². The molecule has 0 fully saturated rings. The van der Waals surface area contributed by atoms with E-state index in [1.54, 1.807) is 27.7 Å². The second-order valence-corrected chi connectivity index (χ2v) is 8.00. The third-order valence-electron chi connectivity index (χ3n) is 4.44. The Balaban J connectivity index is 1.97. The van der Waals surface area contributed by atoms with Gasteiger partial charge in [-0.3, -0.25) is 4.79 Å². The lowest BCUT2D eigenvalue weighted by Crippen LogP contribution is -2.20. The standard InChI is InChI=1S/C21H21F5N4O3/c1-5-32-14-8-11(6-7-13(14)33-19(22)23)27-18(31)12-9-17-28-15(20(2,3)4)10-16(21(24,25)26)30(17)29-12/h6-10,19H,5H2,1-4H3,(H,27,31). The Bertz CT molecular complexity index is 1170. The molecule has 33 heavy (non-hydrogen) atoms. The van der Waals surface area contributed by atoms with Gasteiger partial charge in [-0.15, -0.1) is 0 Å². The molecule has 0 aliphatic carbocycles. The summed E-state index contributed by atoms with van der Waals surface area (Å²) in [6, 6.07) is 5.75. The zero-order valence-electron chi connectivity index (χ0n) is 18.1. The third kappa shape index (κ3) is 5.49. The number of nitrogens with one attached hydrogen (secondary N) is 1. The van der Waals surface area contributed by atoms with Crippen molar-refractivity contribution in [2.45, 2.75) is 45.9 Å². The molecule has 0 saturated heterocycles. The molecule has 0 bridgehead atoms. The maximum Gasteiger partial charge on any atom is 0.433 e. The fraction of sp³-hybridized carbons (Fsp3) is 0.381. The van der Waals surface area contributed by atoms with Crippen LogP contribution in [0, 0.1) is 0 Å². The van der Waals surface area contributed by atoms with Crippen molar-refractivity contribution in [1.29, 1.82) is 0 Å². The lowest BCUT2D eigenvalue weighted by Gasteiger charge is -2.19. The first-order chi connectivity index (χ1) is 15.3. The van der Waals surface area contributed by atoms with Crippen molar-refractivity contribution in [2.24, 2.45) is 0 Å². The van der Waals surface area contributed by atoms with Crippen molar-refractivity contribution in [3.63, 3.8) is 0 Å². The summed E-state index contributed by atoms with van der Waals surface area (Å²) >= 11 is 0. The Kier molecular flexibility index (Phi) is 6.48. The molecule has 7 nitrogen and oxygen atoms in total. The van der Waals surface area contributed by atoms with Crippen molar-refractivity contribution >= 4 is 17.2 Å². The van der Waals surface area contributed by atoms with Gasteiger partial charge in [0.15, 0.2) is 22.8 Å². The predicted molar refractivity (Wildman–Crippen MR) is 109 cm³/mol. The van der Waals surface area contributed by atoms with Crippen LogP contribution in [0.4, 0.5) is 27.6 Å². The topological polar surface area (TPSA) is 77.8 Å². The molecule has 0 aliphatic heterocycles. The largest absolute Gasteiger partial charge is 0.490 e. The minimum absolute atomic E-state index is 0.0403. The van der Waals surface area contributed by atoms with E-state index in [1.807, 2.05) is 0 Å². The van der Waals surface area contributed by atoms with Crippen LogP contribution < -0.4 is 14.8 Å². The number of aromatic nitrogens is 3. The van der Waals surface area contributed by atoms with Crippen molar-refractivity contribution in [1.82, 2.24) is 14.6 Å². The quantitative estimate of drug-likeness (QED) is 0.493. The van der Waals surface area contributed by atoms with E-state index < -0.39 is 29.8 Å². The van der Waals surface area contributed by atoms with E-state index in [2.05, 4.69) is 20.1 Å². The first-order valence-electron chi connectivity index (χ1n) is 9.81. The molecular weight excluding hydrogens is 451 g/mol. The van der Waals surface area contributed by atoms with Gasteiger partial charge >= 0.3 is 12.8 Å². The van der Waals surface area contributed by atoms with Gasteiger partial charge < -0.3 is 14.8 Å². The number of ether oxygens (including phenoxy) is 2. The number of nitrogens with zero attached hydrogens (tertiary/aromatic N) is 3. The van der Waals surface area contributed by atoms with E-state index in [0.717, 1.165) is 12.1 Å². The summed E-state index contributed by atoms with van der Waals surface area (Å²) in [6.07, 6.45) is -4.73. The highest BCUT2D eigenvalue weighted by molar-refractivity contribution is 6.03. The van der Waals surface area contributed by atoms with E-state index in [1.165, 1.54) is 18.2 Å². The molecule has 0 saturated carbocycles. The molecule has 178 valence electrons. The van der Waals surface area contributed by atoms with Crippen molar-refractivity contribution < 1.29 is 36.2 Å². The van der Waals surface area contributed by atoms with Gasteiger partial charge in [0.1, 0.15) is 5.69 Å². The van der Waals surface area contributed by atoms with Crippen LogP contribution in [-0.4, -0.2) is 33.7 Å². The average Bonchev–Trinajstić information content (AvgIpc) is 3.12. The van der Waals surface area contributed by atoms with Gasteiger partial charge in [-0.1, -0.05) is 20.8 Å². The fourth-order valence-electron chi connectivity index (χ4n) is 2.91. The minimum Gasteiger partial charge on any atom is -0.490 e. The van der Waals surface area contributed by atoms with Crippen LogP contribution in [-0.2, 0) is 11.6 Å². The average molecular weight is 472 g/mol. The number of benzene rings is 1. The number of hydrogen-bond acceptors (Lipinski definition) is 5. The van der Waals surface area contributed by atoms with Crippen molar-refractivity contribution in [3.8, 4) is 11.5 Å². The summed E-state index contributed by atoms with van der Waals surface area (Å²) in [6.45, 7) is 3.85. The highest BCUT2D eigenvalue weighted by Crippen LogP contribution is 2.34. The number of rotatable bonds is 6. The molecule has 0 spiro atoms. The molecular formula is C21H21F5N4O3. The van der Waals surface area contributed by atoms with Gasteiger partial charge in [0.2, 0.25) is 0 Å².